The van der Waals surface area contributed by atoms with Gasteiger partial charge in [-0.3, -0.25) is 13.8 Å². The third kappa shape index (κ3) is 54.2. The van der Waals surface area contributed by atoms with E-state index in [1.54, 1.807) is 0 Å². The SMILES string of the molecule is CC/C=C\C/C=C\C/C=C\C/C=C\C/C=C\C/C=C\CCCOCC(COP(=O)(O)OCC[N+](C)(C)C)OC(=O)CCCCCCCCCCCCCCC/C=C\C/C=C\CCCCCCC. The van der Waals surface area contributed by atoms with Crippen LogP contribution in [0, 0.1) is 0 Å². The van der Waals surface area contributed by atoms with Crippen molar-refractivity contribution in [1.82, 2.24) is 0 Å². The van der Waals surface area contributed by atoms with Gasteiger partial charge in [0.1, 0.15) is 19.3 Å². The number of ether oxygens (including phenoxy) is 2. The van der Waals surface area contributed by atoms with E-state index < -0.39 is 13.9 Å². The van der Waals surface area contributed by atoms with E-state index in [2.05, 4.69) is 111 Å². The molecule has 2 unspecified atom stereocenters. The zero-order chi connectivity index (χ0) is 49.0. The molecule has 0 aliphatic heterocycles. The van der Waals surface area contributed by atoms with E-state index in [1.807, 2.05) is 21.1 Å². The lowest BCUT2D eigenvalue weighted by molar-refractivity contribution is -0.870. The van der Waals surface area contributed by atoms with E-state index in [-0.39, 0.29) is 25.8 Å². The maximum absolute atomic E-state index is 12.8. The number of allylic oxidation sites excluding steroid dienone is 16. The fourth-order valence-electron chi connectivity index (χ4n) is 7.01. The second-order valence-corrected chi connectivity index (χ2v) is 20.3. The largest absolute Gasteiger partial charge is 0.472 e. The Morgan fingerprint density at radius 2 is 0.866 bits per heavy atom. The van der Waals surface area contributed by atoms with Crippen LogP contribution in [0.25, 0.3) is 0 Å². The van der Waals surface area contributed by atoms with Gasteiger partial charge in [-0.25, -0.2) is 4.57 Å². The van der Waals surface area contributed by atoms with Crippen LogP contribution in [0.1, 0.15) is 206 Å². The molecule has 0 fully saturated rings. The summed E-state index contributed by atoms with van der Waals surface area (Å²) < 4.78 is 35.1. The van der Waals surface area contributed by atoms with E-state index in [9.17, 15) is 14.3 Å². The van der Waals surface area contributed by atoms with E-state index in [1.165, 1.54) is 109 Å². The molecular formula is C58H103NO7P+. The van der Waals surface area contributed by atoms with Crippen molar-refractivity contribution in [3.8, 4) is 0 Å². The molecule has 67 heavy (non-hydrogen) atoms. The van der Waals surface area contributed by atoms with Gasteiger partial charge in [-0.15, -0.1) is 0 Å². The van der Waals surface area contributed by atoms with Crippen LogP contribution in [-0.4, -0.2) is 75.6 Å². The summed E-state index contributed by atoms with van der Waals surface area (Å²) >= 11 is 0. The van der Waals surface area contributed by atoms with Crippen molar-refractivity contribution < 1.29 is 37.3 Å². The highest BCUT2D eigenvalue weighted by Crippen LogP contribution is 2.43. The minimum atomic E-state index is -4.30. The third-order valence-electron chi connectivity index (χ3n) is 11.1. The first-order valence-electron chi connectivity index (χ1n) is 27.0. The van der Waals surface area contributed by atoms with Crippen molar-refractivity contribution in [3.05, 3.63) is 97.2 Å². The Morgan fingerprint density at radius 3 is 1.30 bits per heavy atom. The Kier molecular flexibility index (Phi) is 47.9. The topological polar surface area (TPSA) is 91.3 Å². The molecule has 0 heterocycles. The average Bonchev–Trinajstić information content (AvgIpc) is 3.29. The number of rotatable bonds is 49. The summed E-state index contributed by atoms with van der Waals surface area (Å²) in [6, 6.07) is 0. The predicted molar refractivity (Wildman–Crippen MR) is 288 cm³/mol. The summed E-state index contributed by atoms with van der Waals surface area (Å²) in [4.78, 5) is 23.0. The van der Waals surface area contributed by atoms with Crippen molar-refractivity contribution in [1.29, 1.82) is 0 Å². The molecule has 0 aromatic carbocycles. The summed E-state index contributed by atoms with van der Waals surface area (Å²) in [6.07, 6.45) is 69.1. The minimum absolute atomic E-state index is 0.0728. The number of quaternary nitrogens is 1. The first-order valence-corrected chi connectivity index (χ1v) is 28.5. The van der Waals surface area contributed by atoms with Gasteiger partial charge >= 0.3 is 13.8 Å². The molecule has 1 N–H and O–H groups in total. The fourth-order valence-corrected chi connectivity index (χ4v) is 7.75. The lowest BCUT2D eigenvalue weighted by atomic mass is 10.0. The number of hydrogen-bond acceptors (Lipinski definition) is 6. The maximum atomic E-state index is 12.8. The van der Waals surface area contributed by atoms with Gasteiger partial charge in [-0.2, -0.15) is 0 Å². The summed E-state index contributed by atoms with van der Waals surface area (Å²) in [5.41, 5.74) is 0. The van der Waals surface area contributed by atoms with E-state index in [0.717, 1.165) is 77.0 Å². The van der Waals surface area contributed by atoms with Crippen LogP contribution in [0.4, 0.5) is 0 Å². The second-order valence-electron chi connectivity index (χ2n) is 18.9. The van der Waals surface area contributed by atoms with Gasteiger partial charge in [0.15, 0.2) is 0 Å². The van der Waals surface area contributed by atoms with Gasteiger partial charge in [0.25, 0.3) is 0 Å². The molecule has 0 amide bonds. The molecule has 0 rings (SSSR count). The van der Waals surface area contributed by atoms with Crippen LogP contribution in [-0.2, 0) is 27.9 Å². The molecule has 0 bridgehead atoms. The summed E-state index contributed by atoms with van der Waals surface area (Å²) in [5, 5.41) is 0. The van der Waals surface area contributed by atoms with Crippen LogP contribution < -0.4 is 0 Å². The van der Waals surface area contributed by atoms with Crippen LogP contribution >= 0.6 is 7.82 Å². The third-order valence-corrected chi connectivity index (χ3v) is 12.1. The van der Waals surface area contributed by atoms with E-state index in [0.29, 0.717) is 24.1 Å². The molecule has 0 radical (unpaired) electrons. The highest BCUT2D eigenvalue weighted by Gasteiger charge is 2.26. The van der Waals surface area contributed by atoms with E-state index >= 15 is 0 Å². The zero-order valence-corrected chi connectivity index (χ0v) is 44.7. The smallest absolute Gasteiger partial charge is 0.457 e. The molecule has 8 nitrogen and oxygen atoms in total. The highest BCUT2D eigenvalue weighted by atomic mass is 31.2. The van der Waals surface area contributed by atoms with Gasteiger partial charge in [-0.05, 0) is 89.9 Å². The molecule has 0 saturated carbocycles. The summed E-state index contributed by atoms with van der Waals surface area (Å²) in [7, 11) is 1.62. The van der Waals surface area contributed by atoms with Gasteiger partial charge in [-0.1, -0.05) is 207 Å². The number of unbranched alkanes of at least 4 members (excludes halogenated alkanes) is 19. The molecule has 386 valence electrons. The number of esters is 1. The Labute approximate surface area is 413 Å². The number of carbonyl (C=O) groups is 1. The molecular weight excluding hydrogens is 854 g/mol. The number of hydrogen-bond donors (Lipinski definition) is 1. The van der Waals surface area contributed by atoms with Gasteiger partial charge in [0.2, 0.25) is 0 Å². The van der Waals surface area contributed by atoms with Crippen molar-refractivity contribution in [2.45, 2.75) is 213 Å². The summed E-state index contributed by atoms with van der Waals surface area (Å²) in [6.45, 7) is 5.33. The lowest BCUT2D eigenvalue weighted by Crippen LogP contribution is -2.37. The Balaban J connectivity index is 4.20. The number of phosphoric acid groups is 1. The molecule has 9 heteroatoms. The first kappa shape index (κ1) is 64.4. The predicted octanol–water partition coefficient (Wildman–Crippen LogP) is 16.9. The quantitative estimate of drug-likeness (QED) is 0.0213. The van der Waals surface area contributed by atoms with Crippen molar-refractivity contribution in [2.75, 3.05) is 54.1 Å². The molecule has 0 aliphatic rings. The van der Waals surface area contributed by atoms with Crippen LogP contribution in [0.2, 0.25) is 0 Å². The second kappa shape index (κ2) is 49.8. The Bertz CT molecular complexity index is 1390. The molecule has 0 spiro atoms. The Hall–Kier alpha value is -2.58. The van der Waals surface area contributed by atoms with Gasteiger partial charge < -0.3 is 18.9 Å². The summed E-state index contributed by atoms with van der Waals surface area (Å²) in [5.74, 6) is -0.336. The zero-order valence-electron chi connectivity index (χ0n) is 43.9. The number of nitrogens with zero attached hydrogens (tertiary/aromatic N) is 1. The fraction of sp³-hybridized carbons (Fsp3) is 0.707. The average molecular weight is 957 g/mol. The van der Waals surface area contributed by atoms with Crippen molar-refractivity contribution >= 4 is 13.8 Å². The molecule has 2 atom stereocenters. The van der Waals surface area contributed by atoms with Gasteiger partial charge in [0, 0.05) is 13.0 Å². The van der Waals surface area contributed by atoms with E-state index in [4.69, 9.17) is 18.5 Å². The highest BCUT2D eigenvalue weighted by molar-refractivity contribution is 7.47. The molecule has 0 aromatic rings. The lowest BCUT2D eigenvalue weighted by Gasteiger charge is -2.24. The Morgan fingerprint density at radius 1 is 0.478 bits per heavy atom. The molecule has 0 aromatic heterocycles. The van der Waals surface area contributed by atoms with Gasteiger partial charge in [0.05, 0.1) is 34.4 Å². The molecule has 0 aliphatic carbocycles. The normalized spacial score (nSPS) is 14.3. The number of carbonyl (C=O) groups excluding carboxylic acids is 1. The van der Waals surface area contributed by atoms with Crippen LogP contribution in [0.15, 0.2) is 97.2 Å². The number of likely N-dealkylation sites (N-methyl/N-ethyl adjacent to an activating group) is 1. The number of phosphoric ester groups is 1. The maximum Gasteiger partial charge on any atom is 0.472 e. The van der Waals surface area contributed by atoms with Crippen LogP contribution in [0.3, 0.4) is 0 Å². The standard InChI is InChI=1S/C58H102NO7P/c1-6-8-10-12-14-16-18-20-22-24-26-28-29-30-31-32-33-35-37-39-41-43-45-47-49-51-58(60)66-57(56-65-67(61,62)64-54-52-59(3,4)5)55-63-53-50-48-46-44-42-40-38-36-34-27-25-23-21-19-17-15-13-11-9-7-2/h9,11,15,17-18,20-21,23-24,26-27,34,38,40,44,46,57H,6-8,10,12-14,16,19,22,25,28-33,35-37,39,41-43,45,47-56H2,1-5H3/p+1/b11-9-,17-15-,20-18-,23-21-,26-24-,34-27-,40-38-,46-44-. The monoisotopic (exact) mass is 957 g/mol. The minimum Gasteiger partial charge on any atom is -0.457 e. The molecule has 0 saturated heterocycles. The van der Waals surface area contributed by atoms with Crippen molar-refractivity contribution in [3.63, 3.8) is 0 Å². The van der Waals surface area contributed by atoms with Crippen LogP contribution in [0.5, 0.6) is 0 Å². The first-order chi connectivity index (χ1) is 32.6. The van der Waals surface area contributed by atoms with Crippen molar-refractivity contribution in [2.24, 2.45) is 0 Å².